The lowest BCUT2D eigenvalue weighted by atomic mass is 10.2. The Morgan fingerprint density at radius 1 is 1.26 bits per heavy atom. The average Bonchev–Trinajstić information content (AvgIpc) is 2.96. The second-order valence-electron chi connectivity index (χ2n) is 4.77. The van der Waals surface area contributed by atoms with Gasteiger partial charge in [-0.2, -0.15) is 0 Å². The van der Waals surface area contributed by atoms with Gasteiger partial charge in [0.2, 0.25) is 5.89 Å². The second-order valence-corrected chi connectivity index (χ2v) is 4.77. The molecule has 0 fully saturated rings. The molecule has 1 heterocycles. The van der Waals surface area contributed by atoms with Crippen LogP contribution in [0.25, 0.3) is 23.3 Å². The van der Waals surface area contributed by atoms with Crippen molar-refractivity contribution >= 4 is 28.9 Å². The van der Waals surface area contributed by atoms with Crippen molar-refractivity contribution in [1.82, 2.24) is 4.98 Å². The number of aromatic nitrogens is 1. The summed E-state index contributed by atoms with van der Waals surface area (Å²) in [5.74, 6) is 1.16. The fourth-order valence-electron chi connectivity index (χ4n) is 2.18. The van der Waals surface area contributed by atoms with Crippen LogP contribution in [0.5, 0.6) is 5.75 Å². The summed E-state index contributed by atoms with van der Waals surface area (Å²) in [6.07, 6.45) is 3.55. The van der Waals surface area contributed by atoms with Crippen LogP contribution in [0, 0.1) is 10.1 Å². The summed E-state index contributed by atoms with van der Waals surface area (Å²) in [7, 11) is 0. The molecule has 6 heteroatoms. The van der Waals surface area contributed by atoms with Crippen molar-refractivity contribution in [3.63, 3.8) is 0 Å². The molecular formula is C17H14N2O4. The quantitative estimate of drug-likeness (QED) is 0.518. The number of oxazole rings is 1. The van der Waals surface area contributed by atoms with Gasteiger partial charge in [0, 0.05) is 23.8 Å². The first-order chi connectivity index (χ1) is 11.2. The summed E-state index contributed by atoms with van der Waals surface area (Å²) < 4.78 is 11.1. The van der Waals surface area contributed by atoms with E-state index >= 15 is 0 Å². The molecule has 1 aromatic heterocycles. The predicted octanol–water partition coefficient (Wildman–Crippen LogP) is 4.31. The molecule has 2 aromatic carbocycles. The summed E-state index contributed by atoms with van der Waals surface area (Å²) in [4.78, 5) is 14.6. The van der Waals surface area contributed by atoms with Crippen LogP contribution in [-0.2, 0) is 0 Å². The molecule has 0 spiro atoms. The summed E-state index contributed by atoms with van der Waals surface area (Å²) in [6.45, 7) is 2.51. The van der Waals surface area contributed by atoms with Crippen molar-refractivity contribution < 1.29 is 14.1 Å². The average molecular weight is 310 g/mol. The van der Waals surface area contributed by atoms with Crippen LogP contribution in [0.15, 0.2) is 46.9 Å². The standard InChI is InChI=1S/C17H14N2O4/c1-2-22-15-6-4-3-5-12(15)7-10-17-18-14-11-13(19(20)21)8-9-16(14)23-17/h3-11H,2H2,1H3/b10-7+. The van der Waals surface area contributed by atoms with Gasteiger partial charge in [-0.1, -0.05) is 18.2 Å². The zero-order valence-corrected chi connectivity index (χ0v) is 12.4. The van der Waals surface area contributed by atoms with Gasteiger partial charge in [0.05, 0.1) is 11.5 Å². The Balaban J connectivity index is 1.91. The van der Waals surface area contributed by atoms with Crippen LogP contribution in [0.4, 0.5) is 5.69 Å². The van der Waals surface area contributed by atoms with Crippen LogP contribution in [0.2, 0.25) is 0 Å². The molecule has 0 aliphatic rings. The molecule has 23 heavy (non-hydrogen) atoms. The molecule has 6 nitrogen and oxygen atoms in total. The minimum absolute atomic E-state index is 0.0111. The van der Waals surface area contributed by atoms with Gasteiger partial charge < -0.3 is 9.15 Å². The Morgan fingerprint density at radius 2 is 2.09 bits per heavy atom. The van der Waals surface area contributed by atoms with E-state index in [0.717, 1.165) is 11.3 Å². The van der Waals surface area contributed by atoms with Crippen LogP contribution < -0.4 is 4.74 Å². The van der Waals surface area contributed by atoms with E-state index in [2.05, 4.69) is 4.98 Å². The fourth-order valence-corrected chi connectivity index (χ4v) is 2.18. The fraction of sp³-hybridized carbons (Fsp3) is 0.118. The number of hydrogen-bond donors (Lipinski definition) is 0. The van der Waals surface area contributed by atoms with E-state index in [0.29, 0.717) is 23.6 Å². The molecule has 0 aliphatic carbocycles. The molecule has 0 bridgehead atoms. The van der Waals surface area contributed by atoms with Gasteiger partial charge in [-0.25, -0.2) is 4.98 Å². The lowest BCUT2D eigenvalue weighted by molar-refractivity contribution is -0.384. The highest BCUT2D eigenvalue weighted by Crippen LogP contribution is 2.24. The maximum atomic E-state index is 10.8. The van der Waals surface area contributed by atoms with Crippen molar-refractivity contribution in [3.05, 3.63) is 64.0 Å². The minimum atomic E-state index is -0.456. The van der Waals surface area contributed by atoms with E-state index < -0.39 is 4.92 Å². The topological polar surface area (TPSA) is 78.4 Å². The third-order valence-electron chi connectivity index (χ3n) is 3.22. The van der Waals surface area contributed by atoms with Crippen molar-refractivity contribution in [1.29, 1.82) is 0 Å². The molecule has 0 unspecified atom stereocenters. The van der Waals surface area contributed by atoms with Crippen LogP contribution in [-0.4, -0.2) is 16.5 Å². The number of nitrogens with zero attached hydrogens (tertiary/aromatic N) is 2. The van der Waals surface area contributed by atoms with Gasteiger partial charge in [0.25, 0.3) is 5.69 Å². The molecule has 0 atom stereocenters. The maximum absolute atomic E-state index is 10.8. The maximum Gasteiger partial charge on any atom is 0.271 e. The van der Waals surface area contributed by atoms with E-state index in [4.69, 9.17) is 9.15 Å². The number of nitro groups is 1. The monoisotopic (exact) mass is 310 g/mol. The van der Waals surface area contributed by atoms with E-state index in [1.807, 2.05) is 37.3 Å². The first-order valence-corrected chi connectivity index (χ1v) is 7.12. The summed E-state index contributed by atoms with van der Waals surface area (Å²) in [5.41, 5.74) is 1.86. The number of hydrogen-bond acceptors (Lipinski definition) is 5. The van der Waals surface area contributed by atoms with Crippen molar-refractivity contribution in [2.24, 2.45) is 0 Å². The van der Waals surface area contributed by atoms with Gasteiger partial charge >= 0.3 is 0 Å². The molecule has 0 saturated carbocycles. The lowest BCUT2D eigenvalue weighted by Gasteiger charge is -2.05. The Hall–Kier alpha value is -3.15. The molecular weight excluding hydrogens is 296 g/mol. The third kappa shape index (κ3) is 3.21. The highest BCUT2D eigenvalue weighted by Gasteiger charge is 2.10. The Morgan fingerprint density at radius 3 is 2.87 bits per heavy atom. The highest BCUT2D eigenvalue weighted by atomic mass is 16.6. The number of nitro benzene ring substituents is 1. The second kappa shape index (κ2) is 6.31. The number of benzene rings is 2. The minimum Gasteiger partial charge on any atom is -0.493 e. The van der Waals surface area contributed by atoms with Gasteiger partial charge in [-0.05, 0) is 25.1 Å². The smallest absolute Gasteiger partial charge is 0.271 e. The van der Waals surface area contributed by atoms with E-state index in [1.165, 1.54) is 12.1 Å². The van der Waals surface area contributed by atoms with Gasteiger partial charge in [0.15, 0.2) is 5.58 Å². The van der Waals surface area contributed by atoms with Gasteiger partial charge in [-0.3, -0.25) is 10.1 Å². The molecule has 0 N–H and O–H groups in total. The first kappa shape index (κ1) is 14.8. The zero-order chi connectivity index (χ0) is 16.2. The molecule has 0 aliphatic heterocycles. The Bertz CT molecular complexity index is 883. The zero-order valence-electron chi connectivity index (χ0n) is 12.4. The molecule has 0 amide bonds. The SMILES string of the molecule is CCOc1ccccc1/C=C/c1nc2cc([N+](=O)[O-])ccc2o1. The molecule has 0 saturated heterocycles. The van der Waals surface area contributed by atoms with Crippen molar-refractivity contribution in [2.75, 3.05) is 6.61 Å². The number of rotatable bonds is 5. The normalized spacial score (nSPS) is 11.2. The van der Waals surface area contributed by atoms with Crippen LogP contribution in [0.3, 0.4) is 0 Å². The summed E-state index contributed by atoms with van der Waals surface area (Å²) >= 11 is 0. The summed E-state index contributed by atoms with van der Waals surface area (Å²) in [5, 5.41) is 10.8. The Kier molecular flexibility index (Phi) is 4.05. The summed E-state index contributed by atoms with van der Waals surface area (Å²) in [6, 6.07) is 12.0. The van der Waals surface area contributed by atoms with E-state index in [-0.39, 0.29) is 5.69 Å². The largest absolute Gasteiger partial charge is 0.493 e. The first-order valence-electron chi connectivity index (χ1n) is 7.12. The molecule has 0 radical (unpaired) electrons. The van der Waals surface area contributed by atoms with Crippen LogP contribution in [0.1, 0.15) is 18.4 Å². The number of non-ortho nitro benzene ring substituents is 1. The van der Waals surface area contributed by atoms with Crippen molar-refractivity contribution in [3.8, 4) is 5.75 Å². The van der Waals surface area contributed by atoms with Crippen molar-refractivity contribution in [2.45, 2.75) is 6.92 Å². The third-order valence-corrected chi connectivity index (χ3v) is 3.22. The van der Waals surface area contributed by atoms with E-state index in [1.54, 1.807) is 12.1 Å². The van der Waals surface area contributed by atoms with Gasteiger partial charge in [0.1, 0.15) is 11.3 Å². The molecule has 116 valence electrons. The van der Waals surface area contributed by atoms with E-state index in [9.17, 15) is 10.1 Å². The predicted molar refractivity (Wildman–Crippen MR) is 87.2 cm³/mol. The highest BCUT2D eigenvalue weighted by molar-refractivity contribution is 5.78. The van der Waals surface area contributed by atoms with Gasteiger partial charge in [-0.15, -0.1) is 0 Å². The number of fused-ring (bicyclic) bond motifs is 1. The molecule has 3 aromatic rings. The van der Waals surface area contributed by atoms with Crippen LogP contribution >= 0.6 is 0 Å². The number of para-hydroxylation sites is 1. The number of ether oxygens (including phenoxy) is 1. The lowest BCUT2D eigenvalue weighted by Crippen LogP contribution is -1.92. The molecule has 3 rings (SSSR count). The Labute approximate surface area is 132 Å².